The van der Waals surface area contributed by atoms with Crippen molar-refractivity contribution < 1.29 is 19.5 Å². The minimum absolute atomic E-state index is 0.0694. The van der Waals surface area contributed by atoms with Gasteiger partial charge in [-0.25, -0.2) is 0 Å². The molecule has 1 heterocycles. The molecule has 1 aliphatic rings. The van der Waals surface area contributed by atoms with Crippen LogP contribution >= 0.6 is 0 Å². The average molecular weight is 183 g/mol. The number of carboxylic acids is 1. The molecule has 0 aliphatic carbocycles. The Bertz CT molecular complexity index is 277. The van der Waals surface area contributed by atoms with Crippen LogP contribution in [0.1, 0.15) is 6.92 Å². The maximum Gasteiger partial charge on any atom is 0.308 e. The number of hydrogen-bond donors (Lipinski definition) is 1. The van der Waals surface area contributed by atoms with Gasteiger partial charge < -0.3 is 5.11 Å². The lowest BCUT2D eigenvalue weighted by atomic mass is 10.2. The molecule has 1 atom stereocenters. The van der Waals surface area contributed by atoms with Crippen molar-refractivity contribution in [1.29, 1.82) is 0 Å². The molecule has 13 heavy (non-hydrogen) atoms. The van der Waals surface area contributed by atoms with Crippen LogP contribution < -0.4 is 0 Å². The van der Waals surface area contributed by atoms with Crippen molar-refractivity contribution in [2.45, 2.75) is 6.92 Å². The molecule has 5 nitrogen and oxygen atoms in total. The summed E-state index contributed by atoms with van der Waals surface area (Å²) in [6.45, 7) is 1.38. The lowest BCUT2D eigenvalue weighted by molar-refractivity contribution is -0.144. The van der Waals surface area contributed by atoms with Crippen LogP contribution in [0.5, 0.6) is 0 Å². The van der Waals surface area contributed by atoms with E-state index in [-0.39, 0.29) is 6.54 Å². The third kappa shape index (κ3) is 1.93. The van der Waals surface area contributed by atoms with Gasteiger partial charge in [0.2, 0.25) is 0 Å². The van der Waals surface area contributed by atoms with Crippen molar-refractivity contribution in [3.05, 3.63) is 12.2 Å². The van der Waals surface area contributed by atoms with Gasteiger partial charge in [-0.3, -0.25) is 19.3 Å². The van der Waals surface area contributed by atoms with Gasteiger partial charge in [0.1, 0.15) is 0 Å². The minimum Gasteiger partial charge on any atom is -0.481 e. The van der Waals surface area contributed by atoms with Crippen molar-refractivity contribution >= 4 is 17.8 Å². The Labute approximate surface area is 74.6 Å². The van der Waals surface area contributed by atoms with Gasteiger partial charge in [-0.05, 0) is 0 Å². The lowest BCUT2D eigenvalue weighted by Crippen LogP contribution is -2.36. The van der Waals surface area contributed by atoms with E-state index in [1.54, 1.807) is 0 Å². The molecule has 1 unspecified atom stereocenters. The molecular weight excluding hydrogens is 174 g/mol. The molecule has 0 radical (unpaired) electrons. The Hall–Kier alpha value is -1.65. The van der Waals surface area contributed by atoms with E-state index >= 15 is 0 Å². The quantitative estimate of drug-likeness (QED) is 0.606. The number of nitrogens with zero attached hydrogens (tertiary/aromatic N) is 1. The smallest absolute Gasteiger partial charge is 0.308 e. The first-order chi connectivity index (χ1) is 6.02. The van der Waals surface area contributed by atoms with Crippen molar-refractivity contribution in [3.63, 3.8) is 0 Å². The summed E-state index contributed by atoms with van der Waals surface area (Å²) >= 11 is 0. The van der Waals surface area contributed by atoms with Crippen LogP contribution in [-0.4, -0.2) is 34.3 Å². The van der Waals surface area contributed by atoms with E-state index < -0.39 is 23.7 Å². The normalized spacial score (nSPS) is 18.1. The van der Waals surface area contributed by atoms with Crippen LogP contribution in [0.15, 0.2) is 12.2 Å². The predicted molar refractivity (Wildman–Crippen MR) is 42.7 cm³/mol. The zero-order chi connectivity index (χ0) is 10.0. The fourth-order valence-electron chi connectivity index (χ4n) is 0.963. The molecule has 5 heteroatoms. The number of carboxylic acid groups (broad SMARTS) is 1. The zero-order valence-corrected chi connectivity index (χ0v) is 7.06. The first kappa shape index (κ1) is 9.44. The molecule has 70 valence electrons. The van der Waals surface area contributed by atoms with Crippen molar-refractivity contribution in [1.82, 2.24) is 4.90 Å². The summed E-state index contributed by atoms with van der Waals surface area (Å²) in [6.07, 6.45) is 2.27. The van der Waals surface area contributed by atoms with Gasteiger partial charge >= 0.3 is 5.97 Å². The van der Waals surface area contributed by atoms with E-state index in [0.717, 1.165) is 17.1 Å². The standard InChI is InChI=1S/C8H9NO4/c1-5(8(12)13)4-9-6(10)2-3-7(9)11/h2-3,5H,4H2,1H3,(H,12,13). The Morgan fingerprint density at radius 2 is 1.92 bits per heavy atom. The van der Waals surface area contributed by atoms with Crippen LogP contribution in [0.3, 0.4) is 0 Å². The molecule has 0 saturated heterocycles. The summed E-state index contributed by atoms with van der Waals surface area (Å²) in [4.78, 5) is 33.3. The number of carbonyl (C=O) groups is 3. The highest BCUT2D eigenvalue weighted by Crippen LogP contribution is 2.07. The van der Waals surface area contributed by atoms with Crippen LogP contribution in [-0.2, 0) is 14.4 Å². The second kappa shape index (κ2) is 3.38. The number of aliphatic carboxylic acids is 1. The monoisotopic (exact) mass is 183 g/mol. The number of rotatable bonds is 3. The van der Waals surface area contributed by atoms with Crippen LogP contribution in [0.4, 0.5) is 0 Å². The molecule has 0 aromatic heterocycles. The molecule has 0 spiro atoms. The van der Waals surface area contributed by atoms with Crippen LogP contribution in [0, 0.1) is 5.92 Å². The van der Waals surface area contributed by atoms with Gasteiger partial charge in [-0.1, -0.05) is 6.92 Å². The van der Waals surface area contributed by atoms with Crippen LogP contribution in [0.2, 0.25) is 0 Å². The second-order valence-electron chi connectivity index (χ2n) is 2.86. The van der Waals surface area contributed by atoms with E-state index in [9.17, 15) is 14.4 Å². The van der Waals surface area contributed by atoms with Gasteiger partial charge in [0.05, 0.1) is 5.92 Å². The molecule has 0 bridgehead atoms. The summed E-state index contributed by atoms with van der Waals surface area (Å²) in [6, 6.07) is 0. The molecule has 0 fully saturated rings. The highest BCUT2D eigenvalue weighted by Gasteiger charge is 2.26. The topological polar surface area (TPSA) is 74.7 Å². The Kier molecular flexibility index (Phi) is 2.46. The van der Waals surface area contributed by atoms with Crippen molar-refractivity contribution in [2.24, 2.45) is 5.92 Å². The Balaban J connectivity index is 2.60. The SMILES string of the molecule is CC(CN1C(=O)C=CC1=O)C(=O)O. The van der Waals surface area contributed by atoms with Crippen molar-refractivity contribution in [3.8, 4) is 0 Å². The molecule has 1 rings (SSSR count). The van der Waals surface area contributed by atoms with E-state index in [1.807, 2.05) is 0 Å². The van der Waals surface area contributed by atoms with Gasteiger partial charge in [-0.15, -0.1) is 0 Å². The molecule has 0 aromatic carbocycles. The highest BCUT2D eigenvalue weighted by molar-refractivity contribution is 6.13. The maximum atomic E-state index is 11.0. The summed E-state index contributed by atoms with van der Waals surface area (Å²) in [7, 11) is 0. The molecule has 0 saturated carbocycles. The van der Waals surface area contributed by atoms with Gasteiger partial charge in [0.25, 0.3) is 11.8 Å². The lowest BCUT2D eigenvalue weighted by Gasteiger charge is -2.15. The summed E-state index contributed by atoms with van der Waals surface area (Å²) in [5, 5.41) is 8.55. The summed E-state index contributed by atoms with van der Waals surface area (Å²) in [5.41, 5.74) is 0. The largest absolute Gasteiger partial charge is 0.481 e. The Morgan fingerprint density at radius 3 is 2.31 bits per heavy atom. The molecule has 2 amide bonds. The molecule has 1 aliphatic heterocycles. The van der Waals surface area contributed by atoms with E-state index in [1.165, 1.54) is 6.92 Å². The number of hydrogen-bond acceptors (Lipinski definition) is 3. The number of carbonyl (C=O) groups excluding carboxylic acids is 2. The number of imide groups is 1. The third-order valence-corrected chi connectivity index (χ3v) is 1.78. The highest BCUT2D eigenvalue weighted by atomic mass is 16.4. The van der Waals surface area contributed by atoms with E-state index in [2.05, 4.69) is 0 Å². The Morgan fingerprint density at radius 1 is 1.46 bits per heavy atom. The van der Waals surface area contributed by atoms with Gasteiger partial charge in [0.15, 0.2) is 0 Å². The first-order valence-electron chi connectivity index (χ1n) is 3.78. The maximum absolute atomic E-state index is 11.0. The molecule has 1 N–H and O–H groups in total. The van der Waals surface area contributed by atoms with Crippen molar-refractivity contribution in [2.75, 3.05) is 6.54 Å². The fraction of sp³-hybridized carbons (Fsp3) is 0.375. The summed E-state index contributed by atoms with van der Waals surface area (Å²) in [5.74, 6) is -2.64. The van der Waals surface area contributed by atoms with Crippen LogP contribution in [0.25, 0.3) is 0 Å². The summed E-state index contributed by atoms with van der Waals surface area (Å²) < 4.78 is 0. The predicted octanol–water partition coefficient (Wildman–Crippen LogP) is -0.368. The average Bonchev–Trinajstić information content (AvgIpc) is 2.35. The van der Waals surface area contributed by atoms with E-state index in [0.29, 0.717) is 0 Å². The fourth-order valence-corrected chi connectivity index (χ4v) is 0.963. The first-order valence-corrected chi connectivity index (χ1v) is 3.78. The third-order valence-electron chi connectivity index (χ3n) is 1.78. The van der Waals surface area contributed by atoms with E-state index in [4.69, 9.17) is 5.11 Å². The second-order valence-corrected chi connectivity index (χ2v) is 2.86. The van der Waals surface area contributed by atoms with Gasteiger partial charge in [0, 0.05) is 18.7 Å². The zero-order valence-electron chi connectivity index (χ0n) is 7.06. The minimum atomic E-state index is -1.02. The van der Waals surface area contributed by atoms with Gasteiger partial charge in [-0.2, -0.15) is 0 Å². The number of amides is 2. The molecule has 0 aromatic rings. The molecular formula is C8H9NO4.